The van der Waals surface area contributed by atoms with Gasteiger partial charge in [0.1, 0.15) is 23.7 Å². The number of carbonyl (C=O) groups is 4. The molecule has 2 saturated carbocycles. The molecule has 386 valence electrons. The minimum Gasteiger partial charge on any atom is -0.453 e. The third kappa shape index (κ3) is 10.0. The van der Waals surface area contributed by atoms with Crippen molar-refractivity contribution in [2.45, 2.75) is 160 Å². The fraction of sp³-hybridized carbons (Fsp3) is 0.525. The van der Waals surface area contributed by atoms with Gasteiger partial charge in [-0.1, -0.05) is 115 Å². The number of fused-ring (bicyclic) bond motifs is 2. The summed E-state index contributed by atoms with van der Waals surface area (Å²) in [5, 5.41) is 5.66. The van der Waals surface area contributed by atoms with Crippen molar-refractivity contribution in [3.8, 4) is 33.6 Å². The van der Waals surface area contributed by atoms with Crippen LogP contribution in [0.25, 0.3) is 33.6 Å². The molecule has 73 heavy (non-hydrogen) atoms. The number of imidazole rings is 2. The van der Waals surface area contributed by atoms with Gasteiger partial charge in [-0.3, -0.25) is 9.59 Å². The number of hydrogen-bond acceptors (Lipinski definition) is 8. The van der Waals surface area contributed by atoms with Crippen LogP contribution in [0.15, 0.2) is 73.1 Å². The predicted octanol–water partition coefficient (Wildman–Crippen LogP) is 11.0. The second kappa shape index (κ2) is 21.2. The minimum atomic E-state index is -0.694. The van der Waals surface area contributed by atoms with Crippen LogP contribution in [0.3, 0.4) is 0 Å². The first kappa shape index (κ1) is 50.1. The normalized spacial score (nSPS) is 24.4. The Morgan fingerprint density at radius 2 is 1.14 bits per heavy atom. The van der Waals surface area contributed by atoms with Crippen LogP contribution in [-0.4, -0.2) is 92.1 Å². The average Bonchev–Trinajstić information content (AvgIpc) is 4.23. The maximum absolute atomic E-state index is 14.5. The third-order valence-electron chi connectivity index (χ3n) is 17.2. The number of aromatic amines is 2. The summed E-state index contributed by atoms with van der Waals surface area (Å²) >= 11 is 0. The van der Waals surface area contributed by atoms with Crippen molar-refractivity contribution in [3.63, 3.8) is 0 Å². The molecule has 4 fully saturated rings. The molecular formula is C59H74N8O6. The first-order chi connectivity index (χ1) is 35.3. The number of H-pyrrole nitrogens is 2. The van der Waals surface area contributed by atoms with Gasteiger partial charge in [0.2, 0.25) is 11.8 Å². The highest BCUT2D eigenvalue weighted by atomic mass is 16.5. The molecule has 4 unspecified atom stereocenters. The van der Waals surface area contributed by atoms with Crippen molar-refractivity contribution in [1.82, 2.24) is 40.4 Å². The number of hydrogen-bond donors (Lipinski definition) is 4. The number of aryl methyl sites for hydroxylation is 2. The molecule has 6 aliphatic carbocycles. The van der Waals surface area contributed by atoms with Crippen LogP contribution in [-0.2, 0) is 38.3 Å². The van der Waals surface area contributed by atoms with Gasteiger partial charge in [0, 0.05) is 17.6 Å². The summed E-state index contributed by atoms with van der Waals surface area (Å²) in [6.07, 6.45) is 15.5. The summed E-state index contributed by atoms with van der Waals surface area (Å²) in [5.41, 5.74) is 11.5. The average molecular weight is 991 g/mol. The van der Waals surface area contributed by atoms with E-state index in [-0.39, 0.29) is 53.7 Å². The second-order valence-corrected chi connectivity index (χ2v) is 22.4. The van der Waals surface area contributed by atoms with Crippen LogP contribution in [0.5, 0.6) is 0 Å². The Bertz CT molecular complexity index is 2820. The Balaban J connectivity index is 0.878. The lowest BCUT2D eigenvalue weighted by Gasteiger charge is -2.36. The third-order valence-corrected chi connectivity index (χ3v) is 17.2. The molecule has 13 rings (SSSR count). The van der Waals surface area contributed by atoms with E-state index in [9.17, 15) is 19.2 Å². The van der Waals surface area contributed by atoms with E-state index in [1.807, 2.05) is 45.0 Å². The molecule has 2 aliphatic heterocycles. The van der Waals surface area contributed by atoms with Crippen molar-refractivity contribution in [2.24, 2.45) is 23.7 Å². The van der Waals surface area contributed by atoms with Gasteiger partial charge in [0.15, 0.2) is 0 Å². The summed E-state index contributed by atoms with van der Waals surface area (Å²) in [4.78, 5) is 75.1. The van der Waals surface area contributed by atoms with Crippen molar-refractivity contribution in [3.05, 3.63) is 107 Å². The first-order valence-electron chi connectivity index (χ1n) is 27.1. The molecule has 2 saturated heterocycles. The molecule has 5 aromatic rings. The van der Waals surface area contributed by atoms with E-state index < -0.39 is 24.3 Å². The number of amides is 4. The Morgan fingerprint density at radius 1 is 0.616 bits per heavy atom. The standard InChI is InChI=1S/C59H74N8O6/c1-33(2)52(64-58(70)72-6)56(68)66-48-14-10-8-12-42(48)29-50(66)54-60-31-46(62-54)39-23-20-38(21-24-39)44-28-40-25-22-37(44)18-16-36-17-19-41(26-35(40)5)45(27-36)47-32-61-55(63-47)51-30-43-13-9-11-15-49(43)67(51)57(69)53(34(3)4)65-59(71)73-7/h17,19-25,27-28,31-35,42-43,48-53H,8-16,18,26,29-30H2,1-7H3,(H,60,62)(H,61,63)(H,64,70)(H,65,71)/t35-,42?,43?,48?,49?,50+,51+,52+,53+/m1/s1. The summed E-state index contributed by atoms with van der Waals surface area (Å²) in [5.74, 6) is 2.25. The summed E-state index contributed by atoms with van der Waals surface area (Å²) in [6.45, 7) is 10.2. The number of benzene rings is 3. The van der Waals surface area contributed by atoms with Gasteiger partial charge >= 0.3 is 12.2 Å². The van der Waals surface area contributed by atoms with Crippen molar-refractivity contribution in [2.75, 3.05) is 14.2 Å². The maximum atomic E-state index is 14.5. The molecule has 14 nitrogen and oxygen atoms in total. The second-order valence-electron chi connectivity index (χ2n) is 22.4. The van der Waals surface area contributed by atoms with E-state index in [0.29, 0.717) is 11.8 Å². The van der Waals surface area contributed by atoms with E-state index in [0.717, 1.165) is 118 Å². The maximum Gasteiger partial charge on any atom is 0.407 e. The number of rotatable bonds is 11. The molecule has 4 heterocycles. The van der Waals surface area contributed by atoms with Gasteiger partial charge in [0.25, 0.3) is 0 Å². The Morgan fingerprint density at radius 3 is 1.70 bits per heavy atom. The van der Waals surface area contributed by atoms with Gasteiger partial charge in [-0.2, -0.15) is 0 Å². The Labute approximate surface area is 430 Å². The Kier molecular flexibility index (Phi) is 14.5. The molecule has 14 heteroatoms. The van der Waals surface area contributed by atoms with Crippen LogP contribution >= 0.6 is 0 Å². The molecule has 3 aromatic carbocycles. The molecular weight excluding hydrogens is 917 g/mol. The fourth-order valence-electron chi connectivity index (χ4n) is 13.2. The van der Waals surface area contributed by atoms with Crippen LogP contribution in [0, 0.1) is 23.7 Å². The van der Waals surface area contributed by atoms with Gasteiger partial charge in [0.05, 0.1) is 50.1 Å². The molecule has 4 amide bonds. The minimum absolute atomic E-state index is 0.0657. The van der Waals surface area contributed by atoms with Gasteiger partial charge < -0.3 is 39.9 Å². The monoisotopic (exact) mass is 991 g/mol. The summed E-state index contributed by atoms with van der Waals surface area (Å²) in [6, 6.07) is 21.1. The van der Waals surface area contributed by atoms with E-state index in [4.69, 9.17) is 19.4 Å². The van der Waals surface area contributed by atoms with E-state index in [1.165, 1.54) is 47.6 Å². The molecule has 4 bridgehead atoms. The number of ether oxygens (including phenoxy) is 2. The number of aromatic nitrogens is 4. The quantitative estimate of drug-likeness (QED) is 0.101. The van der Waals surface area contributed by atoms with Gasteiger partial charge in [-0.25, -0.2) is 19.6 Å². The number of nitrogens with one attached hydrogen (secondary N) is 4. The molecule has 2 aromatic heterocycles. The number of likely N-dealkylation sites (tertiary alicyclic amines) is 2. The van der Waals surface area contributed by atoms with Crippen LogP contribution in [0.2, 0.25) is 0 Å². The lowest BCUT2D eigenvalue weighted by Crippen LogP contribution is -2.53. The molecule has 9 atom stereocenters. The molecule has 4 N–H and O–H groups in total. The lowest BCUT2D eigenvalue weighted by molar-refractivity contribution is -0.139. The summed E-state index contributed by atoms with van der Waals surface area (Å²) in [7, 11) is 2.66. The highest BCUT2D eigenvalue weighted by Gasteiger charge is 2.50. The van der Waals surface area contributed by atoms with Crippen molar-refractivity contribution < 1.29 is 28.7 Å². The Hall–Kier alpha value is -6.44. The molecule has 0 radical (unpaired) electrons. The predicted molar refractivity (Wildman–Crippen MR) is 281 cm³/mol. The van der Waals surface area contributed by atoms with Crippen molar-refractivity contribution >= 4 is 24.0 Å². The van der Waals surface area contributed by atoms with Crippen LogP contribution < -0.4 is 10.6 Å². The first-order valence-corrected chi connectivity index (χ1v) is 27.1. The largest absolute Gasteiger partial charge is 0.453 e. The van der Waals surface area contributed by atoms with E-state index in [1.54, 1.807) is 0 Å². The highest BCUT2D eigenvalue weighted by Crippen LogP contribution is 2.48. The molecule has 0 spiro atoms. The number of alkyl carbamates (subject to hydrolysis) is 2. The van der Waals surface area contributed by atoms with Crippen molar-refractivity contribution in [1.29, 1.82) is 0 Å². The SMILES string of the molecule is COC(=O)N[C@H](C(=O)N1C2CCCCC2C[C@H]1c1ncc(-c2ccc(-c3cc4ccc3CCc3ccc(c(-c5cnc([C@@H]6CC7CCCCC7N6C(=O)[C@@H](NC(=O)OC)C(C)C)[nH]5)c3)C[C@H]4C)cc2)[nH]1)C(C)C. The summed E-state index contributed by atoms with van der Waals surface area (Å²) < 4.78 is 9.85. The highest BCUT2D eigenvalue weighted by molar-refractivity contribution is 5.88. The number of methoxy groups -OCH3 is 2. The van der Waals surface area contributed by atoms with Crippen LogP contribution in [0.4, 0.5) is 9.59 Å². The van der Waals surface area contributed by atoms with Gasteiger partial charge in [-0.15, -0.1) is 0 Å². The fourth-order valence-corrected chi connectivity index (χ4v) is 13.2. The number of nitrogens with zero attached hydrogens (tertiary/aromatic N) is 4. The zero-order chi connectivity index (χ0) is 51.1. The smallest absolute Gasteiger partial charge is 0.407 e. The zero-order valence-corrected chi connectivity index (χ0v) is 43.7. The van der Waals surface area contributed by atoms with E-state index in [2.05, 4.69) is 93.1 Å². The zero-order valence-electron chi connectivity index (χ0n) is 43.7. The number of carbonyl (C=O) groups excluding carboxylic acids is 4. The molecule has 8 aliphatic rings. The topological polar surface area (TPSA) is 175 Å². The van der Waals surface area contributed by atoms with Crippen LogP contribution in [0.1, 0.15) is 151 Å². The van der Waals surface area contributed by atoms with Gasteiger partial charge in [-0.05, 0) is 132 Å². The van der Waals surface area contributed by atoms with E-state index >= 15 is 0 Å². The lowest BCUT2D eigenvalue weighted by atomic mass is 9.84.